The van der Waals surface area contributed by atoms with Gasteiger partial charge in [0.2, 0.25) is 5.88 Å². The van der Waals surface area contributed by atoms with E-state index in [0.29, 0.717) is 29.2 Å². The number of nitrogens with zero attached hydrogens (tertiary/aromatic N) is 1. The van der Waals surface area contributed by atoms with Crippen molar-refractivity contribution < 1.29 is 19.0 Å². The number of carbonyl (C=O) groups is 1. The Bertz CT molecular complexity index is 1000. The van der Waals surface area contributed by atoms with E-state index in [1.807, 2.05) is 55.5 Å². The topological polar surface area (TPSA) is 94.6 Å². The van der Waals surface area contributed by atoms with Gasteiger partial charge in [-0.25, -0.2) is 4.79 Å². The minimum absolute atomic E-state index is 0.00298. The van der Waals surface area contributed by atoms with Gasteiger partial charge in [-0.2, -0.15) is 5.26 Å². The highest BCUT2D eigenvalue weighted by Gasteiger charge is 2.37. The SMILES string of the molecule is CCOC(=O)C1=C(CC)OC(N)=C(C#N)C1c1cccc(Oc2ccccc2)c1. The monoisotopic (exact) mass is 390 g/mol. The normalized spacial score (nSPS) is 16.1. The lowest BCUT2D eigenvalue weighted by molar-refractivity contribution is -0.139. The van der Waals surface area contributed by atoms with E-state index >= 15 is 0 Å². The maximum absolute atomic E-state index is 12.7. The van der Waals surface area contributed by atoms with E-state index in [-0.39, 0.29) is 23.6 Å². The van der Waals surface area contributed by atoms with Crippen molar-refractivity contribution in [2.24, 2.45) is 5.73 Å². The number of benzene rings is 2. The molecule has 2 aromatic rings. The fraction of sp³-hybridized carbons (Fsp3) is 0.217. The maximum atomic E-state index is 12.7. The van der Waals surface area contributed by atoms with Gasteiger partial charge >= 0.3 is 5.97 Å². The van der Waals surface area contributed by atoms with E-state index in [9.17, 15) is 10.1 Å². The van der Waals surface area contributed by atoms with E-state index < -0.39 is 11.9 Å². The third-order valence-electron chi connectivity index (χ3n) is 4.48. The number of nitriles is 1. The molecular weight excluding hydrogens is 368 g/mol. The van der Waals surface area contributed by atoms with E-state index in [0.717, 1.165) is 0 Å². The lowest BCUT2D eigenvalue weighted by atomic mass is 9.82. The molecule has 0 bridgehead atoms. The van der Waals surface area contributed by atoms with Gasteiger partial charge in [0.25, 0.3) is 0 Å². The van der Waals surface area contributed by atoms with Crippen molar-refractivity contribution in [3.8, 4) is 17.6 Å². The van der Waals surface area contributed by atoms with Crippen LogP contribution in [0, 0.1) is 11.3 Å². The average molecular weight is 390 g/mol. The summed E-state index contributed by atoms with van der Waals surface area (Å²) < 4.78 is 16.7. The standard InChI is InChI=1S/C23H22N2O4/c1-3-19-21(23(26)27-4-2)20(18(14-24)22(25)29-19)15-9-8-12-17(13-15)28-16-10-6-5-7-11-16/h5-13,20H,3-4,25H2,1-2H3. The molecule has 0 saturated carbocycles. The molecule has 1 heterocycles. The zero-order valence-electron chi connectivity index (χ0n) is 16.3. The van der Waals surface area contributed by atoms with Gasteiger partial charge in [0.15, 0.2) is 0 Å². The molecule has 1 aliphatic rings. The summed E-state index contributed by atoms with van der Waals surface area (Å²) in [5, 5.41) is 9.71. The van der Waals surface area contributed by atoms with Crippen LogP contribution in [-0.2, 0) is 14.3 Å². The molecule has 1 atom stereocenters. The first-order chi connectivity index (χ1) is 14.1. The number of ether oxygens (including phenoxy) is 3. The first-order valence-corrected chi connectivity index (χ1v) is 9.39. The highest BCUT2D eigenvalue weighted by molar-refractivity contribution is 5.92. The van der Waals surface area contributed by atoms with Crippen molar-refractivity contribution in [2.75, 3.05) is 6.61 Å². The number of carbonyl (C=O) groups excluding carboxylic acids is 1. The summed E-state index contributed by atoms with van der Waals surface area (Å²) in [7, 11) is 0. The third kappa shape index (κ3) is 4.25. The van der Waals surface area contributed by atoms with Crippen LogP contribution in [0.15, 0.2) is 77.4 Å². The summed E-state index contributed by atoms with van der Waals surface area (Å²) in [5.74, 6) is 0.446. The van der Waals surface area contributed by atoms with E-state index in [1.165, 1.54) is 0 Å². The minimum atomic E-state index is -0.693. The molecule has 0 aliphatic carbocycles. The molecule has 1 unspecified atom stereocenters. The zero-order chi connectivity index (χ0) is 20.8. The fourth-order valence-electron chi connectivity index (χ4n) is 3.23. The van der Waals surface area contributed by atoms with Crippen molar-refractivity contribution >= 4 is 5.97 Å². The van der Waals surface area contributed by atoms with Gasteiger partial charge in [-0.05, 0) is 36.8 Å². The predicted octanol–water partition coefficient (Wildman–Crippen LogP) is 4.51. The Kier molecular flexibility index (Phi) is 6.20. The number of hydrogen-bond donors (Lipinski definition) is 1. The molecule has 3 rings (SSSR count). The molecule has 6 nitrogen and oxygen atoms in total. The quantitative estimate of drug-likeness (QED) is 0.729. The smallest absolute Gasteiger partial charge is 0.338 e. The van der Waals surface area contributed by atoms with Crippen LogP contribution in [0.4, 0.5) is 0 Å². The number of rotatable bonds is 6. The highest BCUT2D eigenvalue weighted by atomic mass is 16.5. The van der Waals surface area contributed by atoms with Crippen LogP contribution in [-0.4, -0.2) is 12.6 Å². The predicted molar refractivity (Wildman–Crippen MR) is 108 cm³/mol. The molecular formula is C23H22N2O4. The summed E-state index contributed by atoms with van der Waals surface area (Å²) in [4.78, 5) is 12.7. The molecule has 6 heteroatoms. The van der Waals surface area contributed by atoms with Crippen molar-refractivity contribution in [3.05, 3.63) is 82.9 Å². The van der Waals surface area contributed by atoms with Crippen LogP contribution in [0.3, 0.4) is 0 Å². The van der Waals surface area contributed by atoms with Gasteiger partial charge < -0.3 is 19.9 Å². The van der Waals surface area contributed by atoms with E-state index in [4.69, 9.17) is 19.9 Å². The molecule has 29 heavy (non-hydrogen) atoms. The number of nitrogens with two attached hydrogens (primary N) is 1. The Morgan fingerprint density at radius 1 is 1.14 bits per heavy atom. The molecule has 0 fully saturated rings. The Morgan fingerprint density at radius 2 is 1.86 bits per heavy atom. The van der Waals surface area contributed by atoms with E-state index in [2.05, 4.69) is 6.07 Å². The molecule has 2 N–H and O–H groups in total. The average Bonchev–Trinajstić information content (AvgIpc) is 2.74. The molecule has 148 valence electrons. The van der Waals surface area contributed by atoms with Gasteiger partial charge in [-0.1, -0.05) is 37.3 Å². The summed E-state index contributed by atoms with van der Waals surface area (Å²) >= 11 is 0. The van der Waals surface area contributed by atoms with Gasteiger partial charge in [0, 0.05) is 6.42 Å². The number of esters is 1. The summed E-state index contributed by atoms with van der Waals surface area (Å²) in [6, 6.07) is 18.7. The molecule has 0 saturated heterocycles. The Hall–Kier alpha value is -3.72. The molecule has 0 amide bonds. The van der Waals surface area contributed by atoms with Crippen LogP contribution in [0.1, 0.15) is 31.7 Å². The van der Waals surface area contributed by atoms with Crippen LogP contribution < -0.4 is 10.5 Å². The first-order valence-electron chi connectivity index (χ1n) is 9.39. The Labute approximate surface area is 169 Å². The lowest BCUT2D eigenvalue weighted by Gasteiger charge is -2.28. The fourth-order valence-corrected chi connectivity index (χ4v) is 3.23. The zero-order valence-corrected chi connectivity index (χ0v) is 16.3. The number of hydrogen-bond acceptors (Lipinski definition) is 6. The molecule has 0 spiro atoms. The van der Waals surface area contributed by atoms with Crippen LogP contribution in [0.5, 0.6) is 11.5 Å². The minimum Gasteiger partial charge on any atom is -0.463 e. The van der Waals surface area contributed by atoms with Crippen molar-refractivity contribution in [1.29, 1.82) is 5.26 Å². The maximum Gasteiger partial charge on any atom is 0.338 e. The van der Waals surface area contributed by atoms with E-state index in [1.54, 1.807) is 13.0 Å². The van der Waals surface area contributed by atoms with Gasteiger partial charge in [-0.3, -0.25) is 0 Å². The molecule has 2 aromatic carbocycles. The molecule has 1 aliphatic heterocycles. The van der Waals surface area contributed by atoms with Crippen molar-refractivity contribution in [2.45, 2.75) is 26.2 Å². The highest BCUT2D eigenvalue weighted by Crippen LogP contribution is 2.41. The first kappa shape index (κ1) is 20.0. The second-order valence-electron chi connectivity index (χ2n) is 6.32. The van der Waals surface area contributed by atoms with Crippen molar-refractivity contribution in [3.63, 3.8) is 0 Å². The largest absolute Gasteiger partial charge is 0.463 e. The third-order valence-corrected chi connectivity index (χ3v) is 4.48. The Morgan fingerprint density at radius 3 is 2.52 bits per heavy atom. The Balaban J connectivity index is 2.07. The summed E-state index contributed by atoms with van der Waals surface area (Å²) in [6.07, 6.45) is 0.435. The van der Waals surface area contributed by atoms with Crippen LogP contribution in [0.2, 0.25) is 0 Å². The van der Waals surface area contributed by atoms with Gasteiger partial charge in [0.05, 0.1) is 18.1 Å². The second-order valence-corrected chi connectivity index (χ2v) is 6.32. The summed E-state index contributed by atoms with van der Waals surface area (Å²) in [6.45, 7) is 3.79. The van der Waals surface area contributed by atoms with Crippen molar-refractivity contribution in [1.82, 2.24) is 0 Å². The number of allylic oxidation sites excluding steroid dienone is 2. The van der Waals surface area contributed by atoms with Gasteiger partial charge in [-0.15, -0.1) is 0 Å². The second kappa shape index (κ2) is 8.98. The van der Waals surface area contributed by atoms with Gasteiger partial charge in [0.1, 0.15) is 28.9 Å². The van der Waals surface area contributed by atoms with Crippen LogP contribution in [0.25, 0.3) is 0 Å². The number of para-hydroxylation sites is 1. The molecule has 0 aromatic heterocycles. The van der Waals surface area contributed by atoms with Crippen LogP contribution >= 0.6 is 0 Å². The molecule has 0 radical (unpaired) electrons. The summed E-state index contributed by atoms with van der Waals surface area (Å²) in [5.41, 5.74) is 7.15. The lowest BCUT2D eigenvalue weighted by Crippen LogP contribution is -2.26.